The van der Waals surface area contributed by atoms with Gasteiger partial charge in [-0.25, -0.2) is 0 Å². The van der Waals surface area contributed by atoms with Gasteiger partial charge in [0.05, 0.1) is 17.8 Å². The summed E-state index contributed by atoms with van der Waals surface area (Å²) in [6.45, 7) is 1.98. The fourth-order valence-corrected chi connectivity index (χ4v) is 2.97. The predicted molar refractivity (Wildman–Crippen MR) is 75.8 cm³/mol. The Morgan fingerprint density at radius 1 is 1.35 bits per heavy atom. The summed E-state index contributed by atoms with van der Waals surface area (Å²) in [6.07, 6.45) is 3.94. The standard InChI is InChI=1S/C13H17BrClNO/c1-8-6-9(14)12(7-10(8)15)16-11-4-2-3-5-13(11)17/h6-7,11,13,16-17H,2-5H2,1H3/t11-,13-/m0/s1. The maximum Gasteiger partial charge on any atom is 0.0741 e. The normalized spacial score (nSPS) is 24.7. The molecule has 1 aliphatic carbocycles. The minimum absolute atomic E-state index is 0.138. The van der Waals surface area contributed by atoms with Gasteiger partial charge in [0.1, 0.15) is 0 Å². The maximum atomic E-state index is 9.93. The first-order valence-electron chi connectivity index (χ1n) is 5.98. The summed E-state index contributed by atoms with van der Waals surface area (Å²) in [5.41, 5.74) is 2.01. The van der Waals surface area contributed by atoms with E-state index in [1.165, 1.54) is 6.42 Å². The molecular weight excluding hydrogens is 302 g/mol. The molecule has 0 radical (unpaired) electrons. The van der Waals surface area contributed by atoms with E-state index in [9.17, 15) is 5.11 Å². The van der Waals surface area contributed by atoms with E-state index in [0.717, 1.165) is 40.0 Å². The fourth-order valence-electron chi connectivity index (χ4n) is 2.24. The number of benzene rings is 1. The molecule has 0 spiro atoms. The van der Waals surface area contributed by atoms with Crippen molar-refractivity contribution in [1.82, 2.24) is 0 Å². The van der Waals surface area contributed by atoms with Crippen LogP contribution >= 0.6 is 27.5 Å². The van der Waals surface area contributed by atoms with Crippen LogP contribution in [0.1, 0.15) is 31.2 Å². The molecule has 1 aromatic rings. The van der Waals surface area contributed by atoms with Gasteiger partial charge in [0, 0.05) is 9.50 Å². The molecule has 2 N–H and O–H groups in total. The van der Waals surface area contributed by atoms with Gasteiger partial charge >= 0.3 is 0 Å². The zero-order chi connectivity index (χ0) is 12.4. The molecule has 0 unspecified atom stereocenters. The molecule has 0 saturated heterocycles. The number of aryl methyl sites for hydroxylation is 1. The highest BCUT2D eigenvalue weighted by atomic mass is 79.9. The average molecular weight is 319 g/mol. The van der Waals surface area contributed by atoms with Crippen molar-refractivity contribution in [2.45, 2.75) is 44.8 Å². The second-order valence-corrected chi connectivity index (χ2v) is 5.95. The Kier molecular flexibility index (Phi) is 4.34. The van der Waals surface area contributed by atoms with Crippen LogP contribution in [0.3, 0.4) is 0 Å². The molecule has 0 heterocycles. The van der Waals surface area contributed by atoms with E-state index in [1.54, 1.807) is 0 Å². The van der Waals surface area contributed by atoms with Gasteiger partial charge in [-0.3, -0.25) is 0 Å². The Balaban J connectivity index is 2.15. The van der Waals surface area contributed by atoms with Crippen LogP contribution in [0.5, 0.6) is 0 Å². The van der Waals surface area contributed by atoms with Gasteiger partial charge in [0.25, 0.3) is 0 Å². The highest BCUT2D eigenvalue weighted by molar-refractivity contribution is 9.10. The van der Waals surface area contributed by atoms with E-state index in [1.807, 2.05) is 19.1 Å². The number of hydrogen-bond acceptors (Lipinski definition) is 2. The molecule has 94 valence electrons. The molecule has 17 heavy (non-hydrogen) atoms. The van der Waals surface area contributed by atoms with Crippen molar-refractivity contribution in [2.75, 3.05) is 5.32 Å². The lowest BCUT2D eigenvalue weighted by molar-refractivity contribution is 0.116. The molecule has 0 amide bonds. The van der Waals surface area contributed by atoms with Gasteiger partial charge in [-0.15, -0.1) is 0 Å². The Hall–Kier alpha value is -0.250. The lowest BCUT2D eigenvalue weighted by atomic mass is 9.92. The summed E-state index contributed by atoms with van der Waals surface area (Å²) in [6, 6.07) is 4.06. The summed E-state index contributed by atoms with van der Waals surface area (Å²) in [5, 5.41) is 14.1. The van der Waals surface area contributed by atoms with Crippen LogP contribution in [0.4, 0.5) is 5.69 Å². The topological polar surface area (TPSA) is 32.3 Å². The van der Waals surface area contributed by atoms with E-state index in [0.29, 0.717) is 0 Å². The van der Waals surface area contributed by atoms with Crippen molar-refractivity contribution < 1.29 is 5.11 Å². The SMILES string of the molecule is Cc1cc(Br)c(N[C@H]2CCCC[C@@H]2O)cc1Cl. The first-order valence-corrected chi connectivity index (χ1v) is 7.15. The van der Waals surface area contributed by atoms with Gasteiger partial charge in [-0.05, 0) is 53.4 Å². The van der Waals surface area contributed by atoms with Crippen LogP contribution in [0.15, 0.2) is 16.6 Å². The minimum Gasteiger partial charge on any atom is -0.391 e. The third kappa shape index (κ3) is 3.15. The van der Waals surface area contributed by atoms with Gasteiger partial charge in [0.15, 0.2) is 0 Å². The number of anilines is 1. The quantitative estimate of drug-likeness (QED) is 0.859. The lowest BCUT2D eigenvalue weighted by Gasteiger charge is -2.29. The zero-order valence-electron chi connectivity index (χ0n) is 9.84. The van der Waals surface area contributed by atoms with Crippen LogP contribution in [0, 0.1) is 6.92 Å². The highest BCUT2D eigenvalue weighted by Gasteiger charge is 2.23. The second kappa shape index (κ2) is 5.59. The molecule has 0 aliphatic heterocycles. The first-order chi connectivity index (χ1) is 8.08. The van der Waals surface area contributed by atoms with Crippen molar-refractivity contribution >= 4 is 33.2 Å². The van der Waals surface area contributed by atoms with E-state index < -0.39 is 0 Å². The number of rotatable bonds is 2. The van der Waals surface area contributed by atoms with E-state index in [4.69, 9.17) is 11.6 Å². The van der Waals surface area contributed by atoms with Gasteiger partial charge in [-0.2, -0.15) is 0 Å². The van der Waals surface area contributed by atoms with Crippen molar-refractivity contribution in [3.63, 3.8) is 0 Å². The summed E-state index contributed by atoms with van der Waals surface area (Å²) < 4.78 is 0.997. The third-order valence-electron chi connectivity index (χ3n) is 3.32. The molecule has 2 atom stereocenters. The fraction of sp³-hybridized carbons (Fsp3) is 0.538. The van der Waals surface area contributed by atoms with Crippen LogP contribution in [-0.2, 0) is 0 Å². The summed E-state index contributed by atoms with van der Waals surface area (Å²) in [5.74, 6) is 0. The Bertz CT molecular complexity index is 411. The molecule has 1 aromatic carbocycles. The minimum atomic E-state index is -0.254. The molecule has 2 nitrogen and oxygen atoms in total. The third-order valence-corrected chi connectivity index (χ3v) is 4.38. The van der Waals surface area contributed by atoms with E-state index in [2.05, 4.69) is 21.2 Å². The van der Waals surface area contributed by atoms with E-state index in [-0.39, 0.29) is 12.1 Å². The summed E-state index contributed by atoms with van der Waals surface area (Å²) in [4.78, 5) is 0. The molecule has 1 saturated carbocycles. The maximum absolute atomic E-state index is 9.93. The second-order valence-electron chi connectivity index (χ2n) is 4.68. The smallest absolute Gasteiger partial charge is 0.0741 e. The number of halogens is 2. The van der Waals surface area contributed by atoms with Crippen molar-refractivity contribution in [1.29, 1.82) is 0 Å². The molecular formula is C13H17BrClNO. The largest absolute Gasteiger partial charge is 0.391 e. The predicted octanol–water partition coefficient (Wildman–Crippen LogP) is 4.13. The van der Waals surface area contributed by atoms with E-state index >= 15 is 0 Å². The highest BCUT2D eigenvalue weighted by Crippen LogP contribution is 2.31. The van der Waals surface area contributed by atoms with Gasteiger partial charge < -0.3 is 10.4 Å². The van der Waals surface area contributed by atoms with Crippen molar-refractivity contribution in [3.05, 3.63) is 27.2 Å². The zero-order valence-corrected chi connectivity index (χ0v) is 12.2. The van der Waals surface area contributed by atoms with Crippen LogP contribution in [0.2, 0.25) is 5.02 Å². The van der Waals surface area contributed by atoms with Crippen LogP contribution < -0.4 is 5.32 Å². The monoisotopic (exact) mass is 317 g/mol. The molecule has 1 fully saturated rings. The number of aliphatic hydroxyl groups excluding tert-OH is 1. The molecule has 0 aromatic heterocycles. The Morgan fingerprint density at radius 2 is 2.06 bits per heavy atom. The Labute approximate surface area is 115 Å². The first kappa shape index (κ1) is 13.2. The Morgan fingerprint density at radius 3 is 2.76 bits per heavy atom. The summed E-state index contributed by atoms with van der Waals surface area (Å²) >= 11 is 9.64. The van der Waals surface area contributed by atoms with Crippen molar-refractivity contribution in [2.24, 2.45) is 0 Å². The van der Waals surface area contributed by atoms with Gasteiger partial charge in [0.2, 0.25) is 0 Å². The lowest BCUT2D eigenvalue weighted by Crippen LogP contribution is -2.36. The number of nitrogens with one attached hydrogen (secondary N) is 1. The van der Waals surface area contributed by atoms with Crippen LogP contribution in [0.25, 0.3) is 0 Å². The summed E-state index contributed by atoms with van der Waals surface area (Å²) in [7, 11) is 0. The van der Waals surface area contributed by atoms with Gasteiger partial charge in [-0.1, -0.05) is 24.4 Å². The molecule has 2 rings (SSSR count). The van der Waals surface area contributed by atoms with Crippen LogP contribution in [-0.4, -0.2) is 17.3 Å². The molecule has 4 heteroatoms. The number of hydrogen-bond donors (Lipinski definition) is 2. The average Bonchev–Trinajstić information content (AvgIpc) is 2.29. The molecule has 1 aliphatic rings. The number of aliphatic hydroxyl groups is 1. The van der Waals surface area contributed by atoms with Crippen molar-refractivity contribution in [3.8, 4) is 0 Å². The molecule has 0 bridgehead atoms.